The highest BCUT2D eigenvalue weighted by Gasteiger charge is 2.21. The first-order valence-corrected chi connectivity index (χ1v) is 8.62. The lowest BCUT2D eigenvalue weighted by Crippen LogP contribution is -2.40. The Kier molecular flexibility index (Phi) is 6.20. The first-order valence-electron chi connectivity index (χ1n) is 8.62. The van der Waals surface area contributed by atoms with E-state index >= 15 is 0 Å². The average Bonchev–Trinajstić information content (AvgIpc) is 2.53. The molecule has 0 saturated heterocycles. The standard InChI is InChI=1S/C19H28N2O2/c1-14-8-7-9-15(2)18(14)21(16(3)22)13-12-20-19(23)17-10-5-4-6-11-17/h7-9,17H,4-6,10-13H2,1-3H3,(H,20,23). The second-order valence-electron chi connectivity index (χ2n) is 6.54. The minimum Gasteiger partial charge on any atom is -0.354 e. The van der Waals surface area contributed by atoms with Gasteiger partial charge in [0.25, 0.3) is 0 Å². The fraction of sp³-hybridized carbons (Fsp3) is 0.579. The number of para-hydroxylation sites is 1. The quantitative estimate of drug-likeness (QED) is 0.905. The summed E-state index contributed by atoms with van der Waals surface area (Å²) in [5, 5.41) is 3.01. The summed E-state index contributed by atoms with van der Waals surface area (Å²) in [5.74, 6) is 0.318. The van der Waals surface area contributed by atoms with Crippen LogP contribution in [0.1, 0.15) is 50.2 Å². The topological polar surface area (TPSA) is 49.4 Å². The Morgan fingerprint density at radius 3 is 2.30 bits per heavy atom. The monoisotopic (exact) mass is 316 g/mol. The van der Waals surface area contributed by atoms with Gasteiger partial charge in [0.15, 0.2) is 0 Å². The van der Waals surface area contributed by atoms with Crippen molar-refractivity contribution >= 4 is 17.5 Å². The minimum atomic E-state index is 0.00863. The maximum Gasteiger partial charge on any atom is 0.223 e. The Hall–Kier alpha value is -1.84. The number of rotatable bonds is 5. The zero-order chi connectivity index (χ0) is 16.8. The van der Waals surface area contributed by atoms with Crippen molar-refractivity contribution in [2.75, 3.05) is 18.0 Å². The molecular formula is C19H28N2O2. The van der Waals surface area contributed by atoms with Crippen LogP contribution in [0.5, 0.6) is 0 Å². The molecule has 0 radical (unpaired) electrons. The molecule has 1 N–H and O–H groups in total. The van der Waals surface area contributed by atoms with Crippen LogP contribution in [-0.2, 0) is 9.59 Å². The second kappa shape index (κ2) is 8.14. The van der Waals surface area contributed by atoms with Gasteiger partial charge in [0.2, 0.25) is 11.8 Å². The van der Waals surface area contributed by atoms with Crippen LogP contribution in [0.15, 0.2) is 18.2 Å². The summed E-state index contributed by atoms with van der Waals surface area (Å²) in [6.07, 6.45) is 5.55. The fourth-order valence-electron chi connectivity index (χ4n) is 3.46. The fourth-order valence-corrected chi connectivity index (χ4v) is 3.46. The largest absolute Gasteiger partial charge is 0.354 e. The van der Waals surface area contributed by atoms with Crippen LogP contribution in [0.4, 0.5) is 5.69 Å². The molecule has 126 valence electrons. The molecule has 0 atom stereocenters. The van der Waals surface area contributed by atoms with E-state index in [2.05, 4.69) is 5.32 Å². The molecule has 0 aromatic heterocycles. The van der Waals surface area contributed by atoms with Crippen LogP contribution < -0.4 is 10.2 Å². The third-order valence-electron chi connectivity index (χ3n) is 4.70. The Morgan fingerprint density at radius 2 is 1.74 bits per heavy atom. The van der Waals surface area contributed by atoms with Crippen molar-refractivity contribution in [3.05, 3.63) is 29.3 Å². The van der Waals surface area contributed by atoms with E-state index in [1.54, 1.807) is 11.8 Å². The van der Waals surface area contributed by atoms with Crippen molar-refractivity contribution < 1.29 is 9.59 Å². The molecular weight excluding hydrogens is 288 g/mol. The van der Waals surface area contributed by atoms with E-state index in [1.165, 1.54) is 6.42 Å². The van der Waals surface area contributed by atoms with E-state index in [-0.39, 0.29) is 17.7 Å². The number of anilines is 1. The number of nitrogens with zero attached hydrogens (tertiary/aromatic N) is 1. The van der Waals surface area contributed by atoms with Gasteiger partial charge in [-0.25, -0.2) is 0 Å². The van der Waals surface area contributed by atoms with Gasteiger partial charge in [-0.05, 0) is 37.8 Å². The SMILES string of the molecule is CC(=O)N(CCNC(=O)C1CCCCC1)c1c(C)cccc1C. The van der Waals surface area contributed by atoms with Crippen molar-refractivity contribution in [3.8, 4) is 0 Å². The number of benzene rings is 1. The molecule has 2 amide bonds. The van der Waals surface area contributed by atoms with Crippen molar-refractivity contribution in [1.82, 2.24) is 5.32 Å². The van der Waals surface area contributed by atoms with Crippen LogP contribution in [0.3, 0.4) is 0 Å². The van der Waals surface area contributed by atoms with Crippen molar-refractivity contribution in [2.45, 2.75) is 52.9 Å². The van der Waals surface area contributed by atoms with E-state index < -0.39 is 0 Å². The van der Waals surface area contributed by atoms with Crippen LogP contribution in [0.2, 0.25) is 0 Å². The average molecular weight is 316 g/mol. The number of amides is 2. The Balaban J connectivity index is 1.95. The number of carbonyl (C=O) groups excluding carboxylic acids is 2. The van der Waals surface area contributed by atoms with Gasteiger partial charge < -0.3 is 10.2 Å². The number of hydrogen-bond acceptors (Lipinski definition) is 2. The van der Waals surface area contributed by atoms with E-state index in [0.717, 1.165) is 42.5 Å². The van der Waals surface area contributed by atoms with Crippen molar-refractivity contribution in [1.29, 1.82) is 0 Å². The first kappa shape index (κ1) is 17.5. The molecule has 23 heavy (non-hydrogen) atoms. The molecule has 1 saturated carbocycles. The highest BCUT2D eigenvalue weighted by Crippen LogP contribution is 2.25. The number of nitrogens with one attached hydrogen (secondary N) is 1. The van der Waals surface area contributed by atoms with Gasteiger partial charge in [-0.15, -0.1) is 0 Å². The summed E-state index contributed by atoms with van der Waals surface area (Å²) in [5.41, 5.74) is 3.13. The Labute approximate surface area is 139 Å². The van der Waals surface area contributed by atoms with Crippen molar-refractivity contribution in [2.24, 2.45) is 5.92 Å². The van der Waals surface area contributed by atoms with Gasteiger partial charge in [0.05, 0.1) is 0 Å². The summed E-state index contributed by atoms with van der Waals surface area (Å²) in [6, 6.07) is 6.02. The summed E-state index contributed by atoms with van der Waals surface area (Å²) >= 11 is 0. The van der Waals surface area contributed by atoms with E-state index in [4.69, 9.17) is 0 Å². The molecule has 1 aliphatic carbocycles. The van der Waals surface area contributed by atoms with Crippen LogP contribution in [-0.4, -0.2) is 24.9 Å². The van der Waals surface area contributed by atoms with E-state index in [0.29, 0.717) is 13.1 Å². The molecule has 0 bridgehead atoms. The first-order chi connectivity index (χ1) is 11.0. The molecule has 0 unspecified atom stereocenters. The van der Waals surface area contributed by atoms with Gasteiger partial charge in [0.1, 0.15) is 0 Å². The molecule has 0 heterocycles. The lowest BCUT2D eigenvalue weighted by atomic mass is 9.89. The molecule has 2 rings (SSSR count). The van der Waals surface area contributed by atoms with Crippen LogP contribution in [0, 0.1) is 19.8 Å². The highest BCUT2D eigenvalue weighted by molar-refractivity contribution is 5.93. The van der Waals surface area contributed by atoms with E-state index in [1.807, 2.05) is 32.0 Å². The lowest BCUT2D eigenvalue weighted by Gasteiger charge is -2.26. The third kappa shape index (κ3) is 4.57. The minimum absolute atomic E-state index is 0.00863. The van der Waals surface area contributed by atoms with E-state index in [9.17, 15) is 9.59 Å². The Bertz CT molecular complexity index is 542. The molecule has 1 aromatic carbocycles. The third-order valence-corrected chi connectivity index (χ3v) is 4.70. The van der Waals surface area contributed by atoms with Crippen LogP contribution >= 0.6 is 0 Å². The molecule has 1 aromatic rings. The molecule has 1 aliphatic rings. The van der Waals surface area contributed by atoms with Gasteiger partial charge in [-0.3, -0.25) is 9.59 Å². The summed E-state index contributed by atoms with van der Waals surface area (Å²) in [7, 11) is 0. The zero-order valence-corrected chi connectivity index (χ0v) is 14.5. The normalized spacial score (nSPS) is 15.3. The predicted molar refractivity (Wildman–Crippen MR) is 93.5 cm³/mol. The summed E-state index contributed by atoms with van der Waals surface area (Å²) < 4.78 is 0. The number of carbonyl (C=O) groups is 2. The highest BCUT2D eigenvalue weighted by atomic mass is 16.2. The van der Waals surface area contributed by atoms with Gasteiger partial charge in [0, 0.05) is 31.6 Å². The predicted octanol–water partition coefficient (Wildman–Crippen LogP) is 3.35. The smallest absolute Gasteiger partial charge is 0.223 e. The van der Waals surface area contributed by atoms with Gasteiger partial charge in [-0.1, -0.05) is 37.5 Å². The molecule has 0 spiro atoms. The molecule has 1 fully saturated rings. The van der Waals surface area contributed by atoms with Gasteiger partial charge >= 0.3 is 0 Å². The zero-order valence-electron chi connectivity index (χ0n) is 14.5. The second-order valence-corrected chi connectivity index (χ2v) is 6.54. The molecule has 0 aliphatic heterocycles. The summed E-state index contributed by atoms with van der Waals surface area (Å²) in [4.78, 5) is 26.0. The Morgan fingerprint density at radius 1 is 1.13 bits per heavy atom. The maximum absolute atomic E-state index is 12.2. The number of aryl methyl sites for hydroxylation is 2. The number of hydrogen-bond donors (Lipinski definition) is 1. The summed E-state index contributed by atoms with van der Waals surface area (Å²) in [6.45, 7) is 6.62. The van der Waals surface area contributed by atoms with Crippen molar-refractivity contribution in [3.63, 3.8) is 0 Å². The lowest BCUT2D eigenvalue weighted by molar-refractivity contribution is -0.126. The van der Waals surface area contributed by atoms with Crippen LogP contribution in [0.25, 0.3) is 0 Å². The maximum atomic E-state index is 12.2. The van der Waals surface area contributed by atoms with Gasteiger partial charge in [-0.2, -0.15) is 0 Å². The molecule has 4 heteroatoms. The molecule has 4 nitrogen and oxygen atoms in total.